The van der Waals surface area contributed by atoms with E-state index in [0.29, 0.717) is 58.9 Å². The molecule has 2 aromatic heterocycles. The van der Waals surface area contributed by atoms with Gasteiger partial charge in [-0.05, 0) is 44.2 Å². The Bertz CT molecular complexity index is 2180. The van der Waals surface area contributed by atoms with Crippen molar-refractivity contribution in [1.29, 1.82) is 0 Å². The number of thiazole rings is 1. The minimum atomic E-state index is -1.45. The van der Waals surface area contributed by atoms with Crippen LogP contribution in [0.1, 0.15) is 55.7 Å². The van der Waals surface area contributed by atoms with Crippen LogP contribution in [0, 0.1) is 18.2 Å². The zero-order chi connectivity index (χ0) is 37.1. The Hall–Kier alpha value is -4.77. The number of fused-ring (bicyclic) bond motifs is 3. The molecule has 13 heteroatoms. The average Bonchev–Trinajstić information content (AvgIpc) is 3.95. The third-order valence-electron chi connectivity index (χ3n) is 11.3. The van der Waals surface area contributed by atoms with Gasteiger partial charge in [-0.3, -0.25) is 14.7 Å². The maximum atomic E-state index is 17.2. The standard InChI is InChI=1S/C40H40F3N7O2S/c1-5-25-9-6-10-26-11-7-12-28(33(25)26)35-34(43)36-29(21-45-35)37(47-39(3,46-36)52-23-40-14-8-16-49(40)22-27(41)20-40)48(4)31-13-17-50(24(31)2)38(51)30(42)19-32-44-15-18-53-32/h1,6-7,9-12,15,18-19,21,24,27,31,46H,8,13-14,16-17,20,22-23H2,2-4H3/b30-19-/t24?,27?,31?,39?,40-/m0/s1. The molecule has 3 saturated heterocycles. The van der Waals surface area contributed by atoms with Crippen LogP contribution in [-0.4, -0.2) is 99.3 Å². The molecule has 4 unspecified atom stereocenters. The summed E-state index contributed by atoms with van der Waals surface area (Å²) in [5.74, 6) is -0.523. The highest BCUT2D eigenvalue weighted by molar-refractivity contribution is 7.10. The summed E-state index contributed by atoms with van der Waals surface area (Å²) in [7, 11) is 1.84. The van der Waals surface area contributed by atoms with E-state index in [-0.39, 0.29) is 24.0 Å². The smallest absolute Gasteiger partial charge is 0.283 e. The first-order valence-electron chi connectivity index (χ1n) is 17.9. The van der Waals surface area contributed by atoms with Gasteiger partial charge < -0.3 is 19.9 Å². The van der Waals surface area contributed by atoms with Gasteiger partial charge in [0.2, 0.25) is 5.85 Å². The Balaban J connectivity index is 1.17. The molecule has 0 saturated carbocycles. The van der Waals surface area contributed by atoms with Crippen LogP contribution in [0.5, 0.6) is 0 Å². The number of ether oxygens (including phenoxy) is 1. The van der Waals surface area contributed by atoms with Gasteiger partial charge in [-0.1, -0.05) is 36.3 Å². The van der Waals surface area contributed by atoms with Crippen molar-refractivity contribution >= 4 is 45.6 Å². The first-order valence-corrected chi connectivity index (χ1v) is 18.8. The molecule has 0 aliphatic carbocycles. The van der Waals surface area contributed by atoms with Crippen molar-refractivity contribution in [2.45, 2.75) is 69.2 Å². The highest BCUT2D eigenvalue weighted by Gasteiger charge is 2.50. The Kier molecular flexibility index (Phi) is 9.03. The molecular weight excluding hydrogens is 700 g/mol. The van der Waals surface area contributed by atoms with E-state index < -0.39 is 41.2 Å². The van der Waals surface area contributed by atoms with E-state index >= 15 is 8.78 Å². The molecule has 0 bridgehead atoms. The number of terminal acetylenes is 1. The van der Waals surface area contributed by atoms with Crippen molar-refractivity contribution in [3.63, 3.8) is 0 Å². The predicted octanol–water partition coefficient (Wildman–Crippen LogP) is 6.85. The van der Waals surface area contributed by atoms with Gasteiger partial charge in [-0.2, -0.15) is 0 Å². The van der Waals surface area contributed by atoms with Gasteiger partial charge in [0, 0.05) is 85.4 Å². The van der Waals surface area contributed by atoms with E-state index in [1.54, 1.807) is 30.8 Å². The van der Waals surface area contributed by atoms with E-state index in [4.69, 9.17) is 16.2 Å². The fraction of sp³-hybridized carbons (Fsp3) is 0.400. The zero-order valence-corrected chi connectivity index (χ0v) is 30.6. The van der Waals surface area contributed by atoms with E-state index in [2.05, 4.69) is 26.1 Å². The number of carbonyl (C=O) groups excluding carboxylic acids is 1. The first-order chi connectivity index (χ1) is 25.5. The number of nitrogens with zero attached hydrogens (tertiary/aromatic N) is 6. The lowest BCUT2D eigenvalue weighted by molar-refractivity contribution is -0.129. The summed E-state index contributed by atoms with van der Waals surface area (Å²) >= 11 is 1.24. The molecule has 0 spiro atoms. The van der Waals surface area contributed by atoms with Crippen LogP contribution < -0.4 is 5.32 Å². The van der Waals surface area contributed by atoms with Crippen molar-refractivity contribution < 1.29 is 22.7 Å². The summed E-state index contributed by atoms with van der Waals surface area (Å²) in [5, 5.41) is 6.95. The minimum absolute atomic E-state index is 0.112. The number of benzene rings is 2. The van der Waals surface area contributed by atoms with Crippen LogP contribution in [0.4, 0.5) is 18.9 Å². The molecule has 5 atom stereocenters. The Morgan fingerprint density at radius 1 is 1.23 bits per heavy atom. The molecule has 1 N–H and O–H groups in total. The molecule has 2 aromatic carbocycles. The number of hydrogen-bond donors (Lipinski definition) is 1. The topological polar surface area (TPSA) is 86.2 Å². The molecule has 4 aromatic rings. The number of aliphatic imine (C=N–C) groups is 1. The third kappa shape index (κ3) is 6.16. The number of carbonyl (C=O) groups is 1. The molecule has 8 rings (SSSR count). The van der Waals surface area contributed by atoms with Gasteiger partial charge in [-0.25, -0.2) is 23.1 Å². The first kappa shape index (κ1) is 35.3. The number of anilines is 1. The lowest BCUT2D eigenvalue weighted by atomic mass is 9.94. The van der Waals surface area contributed by atoms with Crippen LogP contribution in [0.2, 0.25) is 0 Å². The quantitative estimate of drug-likeness (QED) is 0.164. The van der Waals surface area contributed by atoms with Crippen LogP contribution in [-0.2, 0) is 9.53 Å². The number of amidine groups is 1. The maximum Gasteiger partial charge on any atom is 0.283 e. The fourth-order valence-electron chi connectivity index (χ4n) is 8.71. The molecule has 53 heavy (non-hydrogen) atoms. The molecule has 4 aliphatic heterocycles. The summed E-state index contributed by atoms with van der Waals surface area (Å²) in [6.45, 7) is 5.30. The number of aromatic nitrogens is 2. The monoisotopic (exact) mass is 739 g/mol. The number of rotatable bonds is 7. The van der Waals surface area contributed by atoms with Crippen LogP contribution in [0.3, 0.4) is 0 Å². The molecule has 274 valence electrons. The van der Waals surface area contributed by atoms with E-state index in [1.807, 2.05) is 49.2 Å². The average molecular weight is 740 g/mol. The van der Waals surface area contributed by atoms with Gasteiger partial charge in [-0.15, -0.1) is 17.8 Å². The number of likely N-dealkylation sites (tertiary alicyclic amines) is 1. The van der Waals surface area contributed by atoms with Gasteiger partial charge in [0.25, 0.3) is 5.91 Å². The summed E-state index contributed by atoms with van der Waals surface area (Å²) in [4.78, 5) is 32.7. The Morgan fingerprint density at radius 2 is 2.04 bits per heavy atom. The van der Waals surface area contributed by atoms with Crippen LogP contribution >= 0.6 is 11.3 Å². The predicted molar refractivity (Wildman–Crippen MR) is 201 cm³/mol. The minimum Gasteiger partial charge on any atom is -0.354 e. The van der Waals surface area contributed by atoms with Crippen LogP contribution in [0.25, 0.3) is 28.1 Å². The summed E-state index contributed by atoms with van der Waals surface area (Å²) in [5.41, 5.74) is 1.38. The van der Waals surface area contributed by atoms with E-state index in [1.165, 1.54) is 16.2 Å². The summed E-state index contributed by atoms with van der Waals surface area (Å²) in [6, 6.07) is 10.5. The number of pyridine rings is 1. The third-order valence-corrected chi connectivity index (χ3v) is 12.1. The number of nitrogens with one attached hydrogen (secondary N) is 1. The van der Waals surface area contributed by atoms with E-state index in [9.17, 15) is 9.18 Å². The van der Waals surface area contributed by atoms with Crippen molar-refractivity contribution in [2.24, 2.45) is 4.99 Å². The number of hydrogen-bond acceptors (Lipinski definition) is 9. The second-order valence-corrected chi connectivity index (χ2v) is 15.5. The number of alkyl halides is 1. The molecule has 6 heterocycles. The number of likely N-dealkylation sites (N-methyl/N-ethyl adjacent to an activating group) is 1. The van der Waals surface area contributed by atoms with E-state index in [0.717, 1.165) is 30.8 Å². The van der Waals surface area contributed by atoms with Crippen molar-refractivity contribution in [1.82, 2.24) is 24.7 Å². The van der Waals surface area contributed by atoms with Gasteiger partial charge in [0.15, 0.2) is 11.6 Å². The number of halogens is 3. The highest BCUT2D eigenvalue weighted by Crippen LogP contribution is 2.43. The van der Waals surface area contributed by atoms with Crippen molar-refractivity contribution in [3.8, 4) is 23.6 Å². The molecule has 4 aliphatic rings. The van der Waals surface area contributed by atoms with Gasteiger partial charge in [0.05, 0.1) is 23.9 Å². The Labute approximate surface area is 310 Å². The lowest BCUT2D eigenvalue weighted by Crippen LogP contribution is -2.52. The van der Waals surface area contributed by atoms with Gasteiger partial charge >= 0.3 is 0 Å². The largest absolute Gasteiger partial charge is 0.354 e. The second-order valence-electron chi connectivity index (χ2n) is 14.5. The molecule has 1 amide bonds. The lowest BCUT2D eigenvalue weighted by Gasteiger charge is -2.41. The fourth-order valence-corrected chi connectivity index (χ4v) is 9.26. The molecule has 9 nitrogen and oxygen atoms in total. The summed E-state index contributed by atoms with van der Waals surface area (Å²) in [6.07, 6.45) is 11.9. The molecule has 3 fully saturated rings. The Morgan fingerprint density at radius 3 is 2.81 bits per heavy atom. The van der Waals surface area contributed by atoms with Gasteiger partial charge in [0.1, 0.15) is 22.7 Å². The summed E-state index contributed by atoms with van der Waals surface area (Å²) < 4.78 is 53.7. The molecular formula is C40H40F3N7O2S. The molecule has 0 radical (unpaired) electrons. The maximum absolute atomic E-state index is 17.2. The SMILES string of the molecule is C#Cc1cccc2cccc(-c3ncc4c(c3F)NC(C)(OC[C@@]35CCCN3CC(F)C5)N=C4N(C)C3CCN(C(=O)/C(F)=C/c4nccs4)C3C)c12. The highest BCUT2D eigenvalue weighted by atomic mass is 32.1. The zero-order valence-electron chi connectivity index (χ0n) is 29.8. The number of amides is 1. The van der Waals surface area contributed by atoms with Crippen molar-refractivity contribution in [2.75, 3.05) is 38.6 Å². The normalized spacial score (nSPS) is 27.0. The van der Waals surface area contributed by atoms with Crippen molar-refractivity contribution in [3.05, 3.63) is 82.0 Å². The second kappa shape index (κ2) is 13.6. The van der Waals surface area contributed by atoms with Crippen LogP contribution in [0.15, 0.2) is 65.0 Å².